The number of hydrogen-bond acceptors (Lipinski definition) is 5. The van der Waals surface area contributed by atoms with Crippen molar-refractivity contribution in [2.45, 2.75) is 33.2 Å². The fraction of sp³-hybridized carbons (Fsp3) is 0.696. The average Bonchev–Trinajstić information content (AvgIpc) is 3.25. The third-order valence-corrected chi connectivity index (χ3v) is 6.39. The lowest BCUT2D eigenvalue weighted by atomic mass is 9.84. The van der Waals surface area contributed by atoms with Gasteiger partial charge in [0.2, 0.25) is 0 Å². The number of halogens is 2. The molecule has 0 aromatic heterocycles. The fourth-order valence-corrected chi connectivity index (χ4v) is 4.31. The maximum Gasteiger partial charge on any atom is 0.191 e. The molecule has 2 aliphatic heterocycles. The van der Waals surface area contributed by atoms with E-state index in [1.165, 1.54) is 0 Å². The summed E-state index contributed by atoms with van der Waals surface area (Å²) in [4.78, 5) is 9.16. The van der Waals surface area contributed by atoms with Crippen molar-refractivity contribution in [3.8, 4) is 0 Å². The Morgan fingerprint density at radius 2 is 2.00 bits per heavy atom. The summed E-state index contributed by atoms with van der Waals surface area (Å²) in [5.41, 5.74) is 1.47. The standard InChI is InChI=1S/C23H38FN5O2.HI/c1-3-25-22(27-17-23(7-13-30)8-14-31-18-23)26-16-19-5-6-21(20(24)15-19)29-11-9-28(4-2)10-12-29;/h5-6,15,30H,3-4,7-14,16-18H2,1-2H3,(H2,25,26,27);1H. The summed E-state index contributed by atoms with van der Waals surface area (Å²) in [5.74, 6) is 0.521. The van der Waals surface area contributed by atoms with Gasteiger partial charge >= 0.3 is 0 Å². The lowest BCUT2D eigenvalue weighted by Gasteiger charge is -2.35. The first kappa shape index (κ1) is 27.1. The zero-order valence-corrected chi connectivity index (χ0v) is 21.7. The topological polar surface area (TPSA) is 72.4 Å². The van der Waals surface area contributed by atoms with Gasteiger partial charge in [-0.1, -0.05) is 13.0 Å². The quantitative estimate of drug-likeness (QED) is 0.244. The largest absolute Gasteiger partial charge is 0.396 e. The summed E-state index contributed by atoms with van der Waals surface area (Å²) in [6.07, 6.45) is 1.64. The second kappa shape index (κ2) is 13.5. The van der Waals surface area contributed by atoms with Crippen molar-refractivity contribution in [3.63, 3.8) is 0 Å². The van der Waals surface area contributed by atoms with Gasteiger partial charge in [-0.05, 0) is 44.0 Å². The lowest BCUT2D eigenvalue weighted by Crippen LogP contribution is -2.46. The Morgan fingerprint density at radius 1 is 1.22 bits per heavy atom. The molecule has 32 heavy (non-hydrogen) atoms. The van der Waals surface area contributed by atoms with Gasteiger partial charge in [0.15, 0.2) is 5.96 Å². The van der Waals surface area contributed by atoms with E-state index < -0.39 is 0 Å². The van der Waals surface area contributed by atoms with E-state index in [1.54, 1.807) is 6.07 Å². The number of hydrogen-bond donors (Lipinski definition) is 3. The van der Waals surface area contributed by atoms with Crippen LogP contribution in [0.3, 0.4) is 0 Å². The highest BCUT2D eigenvalue weighted by Gasteiger charge is 2.34. The lowest BCUT2D eigenvalue weighted by molar-refractivity contribution is 0.127. The molecule has 2 fully saturated rings. The average molecular weight is 564 g/mol. The number of aliphatic hydroxyl groups is 1. The normalized spacial score (nSPS) is 22.0. The highest BCUT2D eigenvalue weighted by molar-refractivity contribution is 14.0. The molecule has 1 aromatic carbocycles. The fourth-order valence-electron chi connectivity index (χ4n) is 4.31. The van der Waals surface area contributed by atoms with Crippen LogP contribution >= 0.6 is 24.0 Å². The van der Waals surface area contributed by atoms with E-state index in [9.17, 15) is 9.50 Å². The van der Waals surface area contributed by atoms with E-state index in [0.29, 0.717) is 37.8 Å². The van der Waals surface area contributed by atoms with Crippen LogP contribution in [-0.2, 0) is 11.3 Å². The minimum Gasteiger partial charge on any atom is -0.396 e. The molecular weight excluding hydrogens is 524 g/mol. The minimum absolute atomic E-state index is 0. The van der Waals surface area contributed by atoms with Crippen molar-refractivity contribution in [2.75, 3.05) is 70.5 Å². The van der Waals surface area contributed by atoms with Crippen LogP contribution < -0.4 is 15.5 Å². The summed E-state index contributed by atoms with van der Waals surface area (Å²) in [6, 6.07) is 5.46. The zero-order valence-electron chi connectivity index (χ0n) is 19.4. The first-order chi connectivity index (χ1) is 15.1. The molecule has 0 radical (unpaired) electrons. The molecule has 0 bridgehead atoms. The molecule has 0 amide bonds. The van der Waals surface area contributed by atoms with Crippen LogP contribution in [0.4, 0.5) is 10.1 Å². The van der Waals surface area contributed by atoms with Gasteiger partial charge in [-0.2, -0.15) is 0 Å². The van der Waals surface area contributed by atoms with Crippen LogP contribution in [-0.4, -0.2) is 81.6 Å². The Kier molecular flexibility index (Phi) is 11.4. The number of rotatable bonds is 9. The Morgan fingerprint density at radius 3 is 2.59 bits per heavy atom. The van der Waals surface area contributed by atoms with Gasteiger partial charge in [0.05, 0.1) is 18.8 Å². The molecule has 1 aromatic rings. The van der Waals surface area contributed by atoms with Crippen LogP contribution in [0.1, 0.15) is 32.3 Å². The second-order valence-corrected chi connectivity index (χ2v) is 8.53. The number of guanidine groups is 1. The van der Waals surface area contributed by atoms with Gasteiger partial charge in [0.25, 0.3) is 0 Å². The van der Waals surface area contributed by atoms with Crippen LogP contribution in [0, 0.1) is 11.2 Å². The number of anilines is 1. The van der Waals surface area contributed by atoms with Crippen molar-refractivity contribution in [1.82, 2.24) is 15.5 Å². The molecule has 3 N–H and O–H groups in total. The van der Waals surface area contributed by atoms with Gasteiger partial charge in [-0.3, -0.25) is 0 Å². The second-order valence-electron chi connectivity index (χ2n) is 8.53. The van der Waals surface area contributed by atoms with E-state index in [2.05, 4.69) is 32.3 Å². The molecule has 2 saturated heterocycles. The summed E-state index contributed by atoms with van der Waals surface area (Å²) in [7, 11) is 0. The van der Waals surface area contributed by atoms with E-state index in [4.69, 9.17) is 4.74 Å². The molecule has 0 aliphatic carbocycles. The van der Waals surface area contributed by atoms with Gasteiger partial charge in [0, 0.05) is 57.9 Å². The number of nitrogens with zero attached hydrogens (tertiary/aromatic N) is 3. The molecule has 0 spiro atoms. The Balaban J connectivity index is 0.00000363. The van der Waals surface area contributed by atoms with Gasteiger partial charge in [-0.15, -0.1) is 24.0 Å². The maximum absolute atomic E-state index is 14.8. The molecule has 1 unspecified atom stereocenters. The van der Waals surface area contributed by atoms with Crippen molar-refractivity contribution in [3.05, 3.63) is 29.6 Å². The van der Waals surface area contributed by atoms with Crippen LogP contribution in [0.15, 0.2) is 23.2 Å². The number of aliphatic hydroxyl groups excluding tert-OH is 1. The Labute approximate surface area is 208 Å². The highest BCUT2D eigenvalue weighted by Crippen LogP contribution is 2.31. The van der Waals surface area contributed by atoms with Gasteiger partial charge in [-0.25, -0.2) is 9.38 Å². The molecule has 1 atom stereocenters. The summed E-state index contributed by atoms with van der Waals surface area (Å²) in [5, 5.41) is 16.0. The summed E-state index contributed by atoms with van der Waals surface area (Å²) in [6.45, 7) is 12.3. The molecule has 9 heteroatoms. The third kappa shape index (κ3) is 7.43. The number of piperazine rings is 1. The molecule has 7 nitrogen and oxygen atoms in total. The first-order valence-corrected chi connectivity index (χ1v) is 11.6. The highest BCUT2D eigenvalue weighted by atomic mass is 127. The number of aliphatic imine (C=N–C) groups is 1. The Hall–Kier alpha value is -1.17. The Bertz CT molecular complexity index is 722. The summed E-state index contributed by atoms with van der Waals surface area (Å²) < 4.78 is 20.4. The number of likely N-dealkylation sites (N-methyl/N-ethyl adjacent to an activating group) is 1. The first-order valence-electron chi connectivity index (χ1n) is 11.6. The van der Waals surface area contributed by atoms with Crippen molar-refractivity contribution in [2.24, 2.45) is 10.4 Å². The minimum atomic E-state index is -0.180. The zero-order chi connectivity index (χ0) is 22.1. The molecule has 2 aliphatic rings. The number of nitrogens with one attached hydrogen (secondary N) is 2. The smallest absolute Gasteiger partial charge is 0.191 e. The molecule has 3 rings (SSSR count). The number of ether oxygens (including phenoxy) is 1. The third-order valence-electron chi connectivity index (χ3n) is 6.39. The van der Waals surface area contributed by atoms with Crippen LogP contribution in [0.2, 0.25) is 0 Å². The van der Waals surface area contributed by atoms with Crippen LogP contribution in [0.25, 0.3) is 0 Å². The molecular formula is C23H39FIN5O2. The molecule has 182 valence electrons. The number of benzene rings is 1. The van der Waals surface area contributed by atoms with Gasteiger partial charge in [0.1, 0.15) is 5.82 Å². The monoisotopic (exact) mass is 563 g/mol. The van der Waals surface area contributed by atoms with Gasteiger partial charge < -0.3 is 30.3 Å². The molecule has 2 heterocycles. The van der Waals surface area contributed by atoms with E-state index in [1.807, 2.05) is 19.1 Å². The van der Waals surface area contributed by atoms with Crippen LogP contribution in [0.5, 0.6) is 0 Å². The van der Waals surface area contributed by atoms with E-state index in [0.717, 1.165) is 57.9 Å². The predicted molar refractivity (Wildman–Crippen MR) is 139 cm³/mol. The summed E-state index contributed by atoms with van der Waals surface area (Å²) >= 11 is 0. The van der Waals surface area contributed by atoms with E-state index >= 15 is 0 Å². The van der Waals surface area contributed by atoms with Crippen molar-refractivity contribution < 1.29 is 14.2 Å². The SMILES string of the molecule is CCNC(=NCc1ccc(N2CCN(CC)CC2)c(F)c1)NCC1(CCO)CCOC1.I. The predicted octanol–water partition coefficient (Wildman–Crippen LogP) is 2.43. The van der Waals surface area contributed by atoms with Crippen molar-refractivity contribution >= 4 is 35.6 Å². The van der Waals surface area contributed by atoms with Crippen molar-refractivity contribution in [1.29, 1.82) is 0 Å². The molecule has 0 saturated carbocycles. The maximum atomic E-state index is 14.8. The van der Waals surface area contributed by atoms with E-state index in [-0.39, 0.29) is 41.8 Å².